The highest BCUT2D eigenvalue weighted by Crippen LogP contribution is 2.25. The van der Waals surface area contributed by atoms with Crippen molar-refractivity contribution in [1.82, 2.24) is 5.32 Å². The maximum Gasteiger partial charge on any atom is 0.0330 e. The monoisotopic (exact) mass is 387 g/mol. The summed E-state index contributed by atoms with van der Waals surface area (Å²) in [4.78, 5) is 0. The molecule has 1 rings (SSSR count). The van der Waals surface area contributed by atoms with Gasteiger partial charge in [-0.25, -0.2) is 0 Å². The van der Waals surface area contributed by atoms with Crippen molar-refractivity contribution < 1.29 is 0 Å². The van der Waals surface area contributed by atoms with Gasteiger partial charge in [0.15, 0.2) is 0 Å². The third kappa shape index (κ3) is 7.07. The van der Waals surface area contributed by atoms with Gasteiger partial charge in [0.25, 0.3) is 0 Å². The van der Waals surface area contributed by atoms with E-state index in [1.165, 1.54) is 60.5 Å². The van der Waals surface area contributed by atoms with Crippen LogP contribution in [0.4, 0.5) is 0 Å². The molecule has 0 amide bonds. The molecule has 1 N–H and O–H groups in total. The van der Waals surface area contributed by atoms with E-state index in [9.17, 15) is 0 Å². The molecular weight excluding hydrogens is 357 g/mol. The van der Waals surface area contributed by atoms with E-state index in [1.807, 2.05) is 0 Å². The number of benzene rings is 1. The van der Waals surface area contributed by atoms with E-state index in [2.05, 4.69) is 66.0 Å². The van der Waals surface area contributed by atoms with Crippen molar-refractivity contribution in [2.45, 2.75) is 71.3 Å². The zero-order chi connectivity index (χ0) is 14.6. The van der Waals surface area contributed by atoms with Crippen molar-refractivity contribution in [2.75, 3.05) is 6.54 Å². The molecule has 0 aliphatic rings. The Morgan fingerprint density at radius 3 is 2.35 bits per heavy atom. The molecule has 20 heavy (non-hydrogen) atoms. The summed E-state index contributed by atoms with van der Waals surface area (Å²) < 4.78 is 1.39. The van der Waals surface area contributed by atoms with Crippen LogP contribution >= 0.6 is 22.6 Å². The molecule has 0 spiro atoms. The number of hydrogen-bond donors (Lipinski definition) is 1. The Balaban J connectivity index is 2.42. The van der Waals surface area contributed by atoms with Crippen LogP contribution in [-0.2, 0) is 0 Å². The Morgan fingerprint density at radius 2 is 1.65 bits per heavy atom. The highest BCUT2D eigenvalue weighted by Gasteiger charge is 2.12. The SMILES string of the molecule is CCCCCCCCC(NCCC)c1ccccc1I. The normalized spacial score (nSPS) is 12.6. The molecule has 1 aromatic rings. The summed E-state index contributed by atoms with van der Waals surface area (Å²) >= 11 is 2.47. The van der Waals surface area contributed by atoms with Gasteiger partial charge in [-0.2, -0.15) is 0 Å². The summed E-state index contributed by atoms with van der Waals surface area (Å²) in [6.07, 6.45) is 10.7. The first-order valence-electron chi connectivity index (χ1n) is 8.27. The van der Waals surface area contributed by atoms with E-state index < -0.39 is 0 Å². The van der Waals surface area contributed by atoms with Crippen LogP contribution in [0.3, 0.4) is 0 Å². The van der Waals surface area contributed by atoms with Gasteiger partial charge >= 0.3 is 0 Å². The Bertz CT molecular complexity index is 351. The van der Waals surface area contributed by atoms with Gasteiger partial charge in [-0.1, -0.05) is 70.6 Å². The van der Waals surface area contributed by atoms with Crippen molar-refractivity contribution in [3.05, 3.63) is 33.4 Å². The van der Waals surface area contributed by atoms with Crippen LogP contribution in [0.5, 0.6) is 0 Å². The maximum atomic E-state index is 3.72. The summed E-state index contributed by atoms with van der Waals surface area (Å²) in [6.45, 7) is 5.64. The number of hydrogen-bond acceptors (Lipinski definition) is 1. The predicted octanol–water partition coefficient (Wildman–Crippen LogP) is 6.08. The van der Waals surface area contributed by atoms with E-state index in [0.717, 1.165) is 6.54 Å². The first-order valence-corrected chi connectivity index (χ1v) is 9.35. The zero-order valence-electron chi connectivity index (χ0n) is 13.1. The summed E-state index contributed by atoms with van der Waals surface area (Å²) in [6, 6.07) is 9.34. The minimum absolute atomic E-state index is 0.536. The lowest BCUT2D eigenvalue weighted by Crippen LogP contribution is -2.22. The molecule has 0 fully saturated rings. The number of unbranched alkanes of at least 4 members (excludes halogenated alkanes) is 5. The lowest BCUT2D eigenvalue weighted by molar-refractivity contribution is 0.465. The lowest BCUT2D eigenvalue weighted by Gasteiger charge is -2.20. The van der Waals surface area contributed by atoms with Crippen molar-refractivity contribution in [3.63, 3.8) is 0 Å². The third-order valence-electron chi connectivity index (χ3n) is 3.77. The van der Waals surface area contributed by atoms with Gasteiger partial charge in [0.05, 0.1) is 0 Å². The molecule has 0 heterocycles. The molecule has 114 valence electrons. The van der Waals surface area contributed by atoms with Crippen LogP contribution in [0, 0.1) is 3.57 Å². The molecular formula is C18H30IN. The summed E-state index contributed by atoms with van der Waals surface area (Å²) in [5, 5.41) is 3.72. The fraction of sp³-hybridized carbons (Fsp3) is 0.667. The average molecular weight is 387 g/mol. The molecule has 0 bridgehead atoms. The molecule has 0 radical (unpaired) electrons. The number of nitrogens with one attached hydrogen (secondary N) is 1. The second kappa shape index (κ2) is 11.6. The lowest BCUT2D eigenvalue weighted by atomic mass is 9.99. The highest BCUT2D eigenvalue weighted by atomic mass is 127. The molecule has 1 nitrogen and oxygen atoms in total. The molecule has 0 aromatic heterocycles. The maximum absolute atomic E-state index is 3.72. The van der Waals surface area contributed by atoms with Gasteiger partial charge in [0.2, 0.25) is 0 Å². The Morgan fingerprint density at radius 1 is 0.950 bits per heavy atom. The third-order valence-corrected chi connectivity index (χ3v) is 4.75. The van der Waals surface area contributed by atoms with Crippen LogP contribution in [0.15, 0.2) is 24.3 Å². The molecule has 1 atom stereocenters. The van der Waals surface area contributed by atoms with E-state index in [0.29, 0.717) is 6.04 Å². The average Bonchev–Trinajstić information content (AvgIpc) is 2.47. The van der Waals surface area contributed by atoms with Crippen LogP contribution < -0.4 is 5.32 Å². The minimum Gasteiger partial charge on any atom is -0.310 e. The second-order valence-electron chi connectivity index (χ2n) is 5.58. The molecule has 1 aromatic carbocycles. The van der Waals surface area contributed by atoms with Crippen LogP contribution in [0.1, 0.15) is 76.8 Å². The quantitative estimate of drug-likeness (QED) is 0.358. The van der Waals surface area contributed by atoms with E-state index in [-0.39, 0.29) is 0 Å². The minimum atomic E-state index is 0.536. The van der Waals surface area contributed by atoms with Gasteiger partial charge < -0.3 is 5.32 Å². The standard InChI is InChI=1S/C18H30IN/c1-3-5-6-7-8-9-14-18(20-15-4-2)16-12-10-11-13-17(16)19/h10-13,18,20H,3-9,14-15H2,1-2H3. The van der Waals surface area contributed by atoms with Gasteiger partial charge in [0, 0.05) is 9.61 Å². The fourth-order valence-corrected chi connectivity index (χ4v) is 3.34. The van der Waals surface area contributed by atoms with Crippen LogP contribution in [0.25, 0.3) is 0 Å². The molecule has 0 aliphatic heterocycles. The van der Waals surface area contributed by atoms with Crippen molar-refractivity contribution in [2.24, 2.45) is 0 Å². The Hall–Kier alpha value is -0.0900. The van der Waals surface area contributed by atoms with Crippen molar-refractivity contribution >= 4 is 22.6 Å². The van der Waals surface area contributed by atoms with Crippen molar-refractivity contribution in [1.29, 1.82) is 0 Å². The van der Waals surface area contributed by atoms with E-state index in [1.54, 1.807) is 0 Å². The number of halogens is 1. The van der Waals surface area contributed by atoms with E-state index >= 15 is 0 Å². The fourth-order valence-electron chi connectivity index (χ4n) is 2.57. The summed E-state index contributed by atoms with van der Waals surface area (Å²) in [5.41, 5.74) is 1.48. The summed E-state index contributed by atoms with van der Waals surface area (Å²) in [5.74, 6) is 0. The molecule has 0 saturated carbocycles. The second-order valence-corrected chi connectivity index (χ2v) is 6.75. The molecule has 0 aliphatic carbocycles. The topological polar surface area (TPSA) is 12.0 Å². The van der Waals surface area contributed by atoms with Crippen LogP contribution in [0.2, 0.25) is 0 Å². The van der Waals surface area contributed by atoms with Gasteiger partial charge in [-0.3, -0.25) is 0 Å². The number of rotatable bonds is 11. The first kappa shape index (κ1) is 18.0. The molecule has 2 heteroatoms. The van der Waals surface area contributed by atoms with E-state index in [4.69, 9.17) is 0 Å². The van der Waals surface area contributed by atoms with Crippen LogP contribution in [-0.4, -0.2) is 6.54 Å². The smallest absolute Gasteiger partial charge is 0.0330 e. The van der Waals surface area contributed by atoms with Gasteiger partial charge in [-0.05, 0) is 53.6 Å². The predicted molar refractivity (Wildman–Crippen MR) is 98.2 cm³/mol. The first-order chi connectivity index (χ1) is 9.79. The molecule has 1 unspecified atom stereocenters. The largest absolute Gasteiger partial charge is 0.310 e. The Kier molecular flexibility index (Phi) is 10.4. The van der Waals surface area contributed by atoms with Crippen molar-refractivity contribution in [3.8, 4) is 0 Å². The van der Waals surface area contributed by atoms with Gasteiger partial charge in [0.1, 0.15) is 0 Å². The van der Waals surface area contributed by atoms with Gasteiger partial charge in [-0.15, -0.1) is 0 Å². The molecule has 0 saturated heterocycles. The Labute approximate surface area is 139 Å². The highest BCUT2D eigenvalue weighted by molar-refractivity contribution is 14.1. The summed E-state index contributed by atoms with van der Waals surface area (Å²) in [7, 11) is 0. The zero-order valence-corrected chi connectivity index (χ0v) is 15.3.